The molecule has 108 valence electrons. The summed E-state index contributed by atoms with van der Waals surface area (Å²) in [6, 6.07) is 0. The lowest BCUT2D eigenvalue weighted by Gasteiger charge is -2.01. The van der Waals surface area contributed by atoms with Gasteiger partial charge in [0.05, 0.1) is 0 Å². The first-order valence-corrected chi connectivity index (χ1v) is 6.56. The van der Waals surface area contributed by atoms with Gasteiger partial charge in [-0.2, -0.15) is 10.2 Å². The highest BCUT2D eigenvalue weighted by atomic mass is 16.2. The fraction of sp³-hybridized carbons (Fsp3) is 0.692. The van der Waals surface area contributed by atoms with Crippen LogP contribution in [0.25, 0.3) is 0 Å². The second-order valence-electron chi connectivity index (χ2n) is 4.97. The van der Waals surface area contributed by atoms with E-state index < -0.39 is 0 Å². The van der Waals surface area contributed by atoms with Crippen molar-refractivity contribution in [3.63, 3.8) is 0 Å². The average molecular weight is 268 g/mol. The third-order valence-electron chi connectivity index (χ3n) is 1.93. The molecule has 0 aromatic carbocycles. The third-order valence-corrected chi connectivity index (χ3v) is 1.93. The van der Waals surface area contributed by atoms with Crippen LogP contribution in [0, 0.1) is 11.8 Å². The summed E-state index contributed by atoms with van der Waals surface area (Å²) < 4.78 is 0. The summed E-state index contributed by atoms with van der Waals surface area (Å²) in [6.07, 6.45) is 4.34. The van der Waals surface area contributed by atoms with Crippen molar-refractivity contribution in [3.05, 3.63) is 0 Å². The number of carbonyl (C=O) groups excluding carboxylic acids is 2. The topological polar surface area (TPSA) is 82.9 Å². The number of hydrogen-bond donors (Lipinski definition) is 2. The first-order chi connectivity index (χ1) is 8.91. The fourth-order valence-electron chi connectivity index (χ4n) is 1.04. The Morgan fingerprint density at radius 3 is 1.58 bits per heavy atom. The van der Waals surface area contributed by atoms with Gasteiger partial charge in [0.1, 0.15) is 0 Å². The second kappa shape index (κ2) is 10.2. The number of nitrogens with zero attached hydrogens (tertiary/aromatic N) is 2. The van der Waals surface area contributed by atoms with E-state index in [1.807, 2.05) is 27.7 Å². The maximum Gasteiger partial charge on any atom is 0.240 e. The first-order valence-electron chi connectivity index (χ1n) is 6.56. The van der Waals surface area contributed by atoms with Gasteiger partial charge in [-0.05, 0) is 18.3 Å². The molecule has 0 radical (unpaired) electrons. The molecule has 6 nitrogen and oxygen atoms in total. The summed E-state index contributed by atoms with van der Waals surface area (Å²) in [4.78, 5) is 22.6. The summed E-state index contributed by atoms with van der Waals surface area (Å²) in [6.45, 7) is 7.88. The molecule has 0 aliphatic carbocycles. The Kier molecular flexibility index (Phi) is 9.30. The first kappa shape index (κ1) is 17.3. The van der Waals surface area contributed by atoms with Gasteiger partial charge in [0.15, 0.2) is 0 Å². The highest BCUT2D eigenvalue weighted by Crippen LogP contribution is 1.95. The van der Waals surface area contributed by atoms with Crippen LogP contribution < -0.4 is 10.9 Å². The Labute approximate surface area is 114 Å². The number of hydrazone groups is 2. The van der Waals surface area contributed by atoms with Crippen LogP contribution in [0.1, 0.15) is 47.0 Å². The Bertz CT molecular complexity index is 304. The largest absolute Gasteiger partial charge is 0.273 e. The van der Waals surface area contributed by atoms with E-state index in [1.165, 1.54) is 0 Å². The van der Waals surface area contributed by atoms with E-state index in [1.54, 1.807) is 12.4 Å². The minimum absolute atomic E-state index is 0.185. The molecule has 0 spiro atoms. The van der Waals surface area contributed by atoms with E-state index in [2.05, 4.69) is 21.1 Å². The van der Waals surface area contributed by atoms with Crippen molar-refractivity contribution >= 4 is 24.2 Å². The highest BCUT2D eigenvalue weighted by molar-refractivity contribution is 5.79. The van der Waals surface area contributed by atoms with Crippen LogP contribution in [0.3, 0.4) is 0 Å². The molecule has 0 fully saturated rings. The zero-order valence-electron chi connectivity index (χ0n) is 12.1. The van der Waals surface area contributed by atoms with Gasteiger partial charge in [0.25, 0.3) is 0 Å². The Morgan fingerprint density at radius 1 is 0.895 bits per heavy atom. The highest BCUT2D eigenvalue weighted by Gasteiger charge is 2.03. The van der Waals surface area contributed by atoms with E-state index in [0.29, 0.717) is 18.3 Å². The lowest BCUT2D eigenvalue weighted by Crippen LogP contribution is -2.20. The van der Waals surface area contributed by atoms with E-state index in [0.717, 1.165) is 0 Å². The van der Waals surface area contributed by atoms with Crippen LogP contribution in [-0.2, 0) is 9.59 Å². The van der Waals surface area contributed by atoms with Gasteiger partial charge in [-0.1, -0.05) is 27.7 Å². The fourth-order valence-corrected chi connectivity index (χ4v) is 1.04. The minimum Gasteiger partial charge on any atom is -0.273 e. The number of carbonyl (C=O) groups is 2. The standard InChI is InChI=1S/C13H24N4O2/c1-10(2)8-14-16-12(18)6-5-7-13(19)17-15-9-11(3)4/h8-11H,5-7H2,1-4H3,(H,16,18)(H,17,19). The molecule has 0 aromatic rings. The number of nitrogens with one attached hydrogen (secondary N) is 2. The molecule has 2 amide bonds. The van der Waals surface area contributed by atoms with Crippen LogP contribution in [0.2, 0.25) is 0 Å². The molecule has 2 N–H and O–H groups in total. The molecular formula is C13H24N4O2. The summed E-state index contributed by atoms with van der Waals surface area (Å²) >= 11 is 0. The van der Waals surface area contributed by atoms with Crippen LogP contribution >= 0.6 is 0 Å². The van der Waals surface area contributed by atoms with Crippen LogP contribution in [-0.4, -0.2) is 24.2 Å². The van der Waals surface area contributed by atoms with E-state index in [-0.39, 0.29) is 24.7 Å². The summed E-state index contributed by atoms with van der Waals surface area (Å²) in [5.41, 5.74) is 4.83. The third kappa shape index (κ3) is 12.5. The molecule has 0 bridgehead atoms. The normalized spacial score (nSPS) is 11.7. The molecule has 6 heteroatoms. The SMILES string of the molecule is CC(C)C=NNC(=O)CCCC(=O)NN=CC(C)C. The molecule has 0 heterocycles. The lowest BCUT2D eigenvalue weighted by molar-refractivity contribution is -0.122. The van der Waals surface area contributed by atoms with Gasteiger partial charge in [0.2, 0.25) is 11.8 Å². The minimum atomic E-state index is -0.185. The van der Waals surface area contributed by atoms with Crippen LogP contribution in [0.5, 0.6) is 0 Å². The van der Waals surface area contributed by atoms with Crippen molar-refractivity contribution < 1.29 is 9.59 Å². The molecule has 0 aromatic heterocycles. The molecule has 0 unspecified atom stereocenters. The van der Waals surface area contributed by atoms with Crippen molar-refractivity contribution in [3.8, 4) is 0 Å². The van der Waals surface area contributed by atoms with Crippen molar-refractivity contribution in [2.45, 2.75) is 47.0 Å². The van der Waals surface area contributed by atoms with Crippen LogP contribution in [0.4, 0.5) is 0 Å². The molecule has 0 aliphatic rings. The predicted molar refractivity (Wildman–Crippen MR) is 76.8 cm³/mol. The van der Waals surface area contributed by atoms with E-state index in [9.17, 15) is 9.59 Å². The number of hydrogen-bond acceptors (Lipinski definition) is 4. The molecule has 0 atom stereocenters. The zero-order chi connectivity index (χ0) is 14.7. The smallest absolute Gasteiger partial charge is 0.240 e. The van der Waals surface area contributed by atoms with Crippen molar-refractivity contribution in [1.82, 2.24) is 10.9 Å². The van der Waals surface area contributed by atoms with Gasteiger partial charge in [-0.3, -0.25) is 9.59 Å². The molecule has 0 saturated heterocycles. The maximum absolute atomic E-state index is 11.3. The van der Waals surface area contributed by atoms with Gasteiger partial charge in [-0.25, -0.2) is 10.9 Å². The van der Waals surface area contributed by atoms with E-state index in [4.69, 9.17) is 0 Å². The monoisotopic (exact) mass is 268 g/mol. The average Bonchev–Trinajstić information content (AvgIpc) is 2.27. The van der Waals surface area contributed by atoms with Gasteiger partial charge >= 0.3 is 0 Å². The predicted octanol–water partition coefficient (Wildman–Crippen LogP) is 1.67. The zero-order valence-corrected chi connectivity index (χ0v) is 12.1. The van der Waals surface area contributed by atoms with Crippen molar-refractivity contribution in [2.24, 2.45) is 22.0 Å². The number of rotatable bonds is 8. The molecule has 0 rings (SSSR count). The molecule has 0 saturated carbocycles. The molecule has 19 heavy (non-hydrogen) atoms. The summed E-state index contributed by atoms with van der Waals surface area (Å²) in [5.74, 6) is 0.223. The molecule has 0 aliphatic heterocycles. The summed E-state index contributed by atoms with van der Waals surface area (Å²) in [5, 5.41) is 7.58. The van der Waals surface area contributed by atoms with Crippen molar-refractivity contribution in [2.75, 3.05) is 0 Å². The van der Waals surface area contributed by atoms with Crippen molar-refractivity contribution in [1.29, 1.82) is 0 Å². The Hall–Kier alpha value is -1.72. The summed E-state index contributed by atoms with van der Waals surface area (Å²) in [7, 11) is 0. The number of amides is 2. The maximum atomic E-state index is 11.3. The Morgan fingerprint density at radius 2 is 1.26 bits per heavy atom. The van der Waals surface area contributed by atoms with Gasteiger partial charge in [0, 0.05) is 25.3 Å². The second-order valence-corrected chi connectivity index (χ2v) is 4.97. The van der Waals surface area contributed by atoms with Gasteiger partial charge in [-0.15, -0.1) is 0 Å². The van der Waals surface area contributed by atoms with E-state index >= 15 is 0 Å². The Balaban J connectivity index is 3.67. The molecular weight excluding hydrogens is 244 g/mol. The lowest BCUT2D eigenvalue weighted by atomic mass is 10.2. The van der Waals surface area contributed by atoms with Crippen LogP contribution in [0.15, 0.2) is 10.2 Å². The van der Waals surface area contributed by atoms with Gasteiger partial charge < -0.3 is 0 Å². The quantitative estimate of drug-likeness (QED) is 0.518.